The highest BCUT2D eigenvalue weighted by Crippen LogP contribution is 2.22. The second kappa shape index (κ2) is 5.89. The van der Waals surface area contributed by atoms with Crippen molar-refractivity contribution in [3.63, 3.8) is 0 Å². The van der Waals surface area contributed by atoms with Crippen LogP contribution in [0.5, 0.6) is 0 Å². The maximum Gasteiger partial charge on any atom is 0.411 e. The molecule has 2 N–H and O–H groups in total. The number of carbonyl (C=O) groups is 1. The molecule has 7 heteroatoms. The zero-order valence-electron chi connectivity index (χ0n) is 7.54. The van der Waals surface area contributed by atoms with Crippen molar-refractivity contribution in [3.05, 3.63) is 21.9 Å². The summed E-state index contributed by atoms with van der Waals surface area (Å²) >= 11 is 8.91. The van der Waals surface area contributed by atoms with Crippen molar-refractivity contribution in [1.82, 2.24) is 4.98 Å². The number of halogens is 2. The second-order valence-electron chi connectivity index (χ2n) is 2.48. The molecule has 0 saturated carbocycles. The SMILES string of the molecule is O=C(Nc1cc(Br)cnc1Cl)OCCO. The summed E-state index contributed by atoms with van der Waals surface area (Å²) in [6.07, 6.45) is 0.817. The number of anilines is 1. The van der Waals surface area contributed by atoms with Crippen molar-refractivity contribution in [2.24, 2.45) is 0 Å². The van der Waals surface area contributed by atoms with Gasteiger partial charge in [-0.15, -0.1) is 0 Å². The summed E-state index contributed by atoms with van der Waals surface area (Å²) in [7, 11) is 0. The highest BCUT2D eigenvalue weighted by atomic mass is 79.9. The molecule has 0 unspecified atom stereocenters. The van der Waals surface area contributed by atoms with Crippen molar-refractivity contribution in [3.8, 4) is 0 Å². The maximum atomic E-state index is 11.1. The molecule has 0 spiro atoms. The smallest absolute Gasteiger partial charge is 0.411 e. The molecule has 1 aromatic heterocycles. The Morgan fingerprint density at radius 1 is 1.73 bits per heavy atom. The molecule has 0 saturated heterocycles. The third kappa shape index (κ3) is 4.03. The van der Waals surface area contributed by atoms with Crippen LogP contribution in [0, 0.1) is 0 Å². The number of amides is 1. The monoisotopic (exact) mass is 294 g/mol. The molecule has 82 valence electrons. The van der Waals surface area contributed by atoms with Gasteiger partial charge in [0.1, 0.15) is 6.61 Å². The van der Waals surface area contributed by atoms with Gasteiger partial charge in [0.2, 0.25) is 0 Å². The molecule has 0 aromatic carbocycles. The lowest BCUT2D eigenvalue weighted by Crippen LogP contribution is -2.16. The number of aliphatic hydroxyl groups excluding tert-OH is 1. The molecule has 0 fully saturated rings. The molecule has 5 nitrogen and oxygen atoms in total. The molecule has 0 radical (unpaired) electrons. The Morgan fingerprint density at radius 2 is 2.47 bits per heavy atom. The first-order valence-electron chi connectivity index (χ1n) is 3.99. The summed E-state index contributed by atoms with van der Waals surface area (Å²) in [5, 5.41) is 11.0. The van der Waals surface area contributed by atoms with E-state index in [4.69, 9.17) is 16.7 Å². The summed E-state index contributed by atoms with van der Waals surface area (Å²) in [4.78, 5) is 14.9. The average molecular weight is 296 g/mol. The molecule has 1 rings (SSSR count). The van der Waals surface area contributed by atoms with Gasteiger partial charge in [-0.25, -0.2) is 9.78 Å². The minimum absolute atomic E-state index is 0.0646. The number of nitrogens with zero attached hydrogens (tertiary/aromatic N) is 1. The van der Waals surface area contributed by atoms with E-state index in [2.05, 4.69) is 31.0 Å². The van der Waals surface area contributed by atoms with Crippen LogP contribution in [0.15, 0.2) is 16.7 Å². The molecule has 0 aliphatic carbocycles. The first-order chi connectivity index (χ1) is 7.13. The van der Waals surface area contributed by atoms with Gasteiger partial charge in [0, 0.05) is 10.7 Å². The number of rotatable bonds is 3. The van der Waals surface area contributed by atoms with Crippen LogP contribution in [-0.4, -0.2) is 29.4 Å². The van der Waals surface area contributed by atoms with Crippen molar-refractivity contribution in [1.29, 1.82) is 0 Å². The van der Waals surface area contributed by atoms with Crippen LogP contribution in [0.4, 0.5) is 10.5 Å². The number of hydrogen-bond acceptors (Lipinski definition) is 4. The fourth-order valence-electron chi connectivity index (χ4n) is 0.795. The number of nitrogens with one attached hydrogen (secondary N) is 1. The van der Waals surface area contributed by atoms with Crippen LogP contribution >= 0.6 is 27.5 Å². The number of hydrogen-bond donors (Lipinski definition) is 2. The number of pyridine rings is 1. The van der Waals surface area contributed by atoms with Crippen molar-refractivity contribution in [2.75, 3.05) is 18.5 Å². The Morgan fingerprint density at radius 3 is 3.13 bits per heavy atom. The summed E-state index contributed by atoms with van der Waals surface area (Å²) in [6.45, 7) is -0.289. The van der Waals surface area contributed by atoms with Gasteiger partial charge >= 0.3 is 6.09 Å². The van der Waals surface area contributed by atoms with Gasteiger partial charge in [-0.2, -0.15) is 0 Å². The molecular weight excluding hydrogens is 287 g/mol. The zero-order valence-corrected chi connectivity index (χ0v) is 9.88. The third-order valence-electron chi connectivity index (χ3n) is 1.37. The van der Waals surface area contributed by atoms with Gasteiger partial charge in [-0.1, -0.05) is 11.6 Å². The summed E-state index contributed by atoms with van der Waals surface area (Å²) in [6, 6.07) is 1.59. The second-order valence-corrected chi connectivity index (χ2v) is 3.75. The number of aromatic nitrogens is 1. The van der Waals surface area contributed by atoms with Crippen molar-refractivity contribution >= 4 is 39.3 Å². The Kier molecular flexibility index (Phi) is 4.80. The normalized spacial score (nSPS) is 9.80. The van der Waals surface area contributed by atoms with Gasteiger partial charge < -0.3 is 9.84 Å². The van der Waals surface area contributed by atoms with E-state index in [-0.39, 0.29) is 18.4 Å². The van der Waals surface area contributed by atoms with Gasteiger partial charge in [0.05, 0.1) is 12.3 Å². The summed E-state index contributed by atoms with van der Waals surface area (Å²) < 4.78 is 5.27. The van der Waals surface area contributed by atoms with Crippen LogP contribution < -0.4 is 5.32 Å². The lowest BCUT2D eigenvalue weighted by Gasteiger charge is -2.06. The van der Waals surface area contributed by atoms with E-state index in [9.17, 15) is 4.79 Å². The molecule has 0 bridgehead atoms. The lowest BCUT2D eigenvalue weighted by molar-refractivity contribution is 0.131. The number of aliphatic hydroxyl groups is 1. The molecular formula is C8H8BrClN2O3. The Balaban J connectivity index is 2.63. The van der Waals surface area contributed by atoms with Crippen LogP contribution in [0.1, 0.15) is 0 Å². The van der Waals surface area contributed by atoms with Crippen molar-refractivity contribution < 1.29 is 14.6 Å². The van der Waals surface area contributed by atoms with Gasteiger partial charge in [0.25, 0.3) is 0 Å². The van der Waals surface area contributed by atoms with E-state index in [1.165, 1.54) is 6.20 Å². The quantitative estimate of drug-likeness (QED) is 0.837. The topological polar surface area (TPSA) is 71.5 Å². The fraction of sp³-hybridized carbons (Fsp3) is 0.250. The Labute approximate surface area is 99.5 Å². The van der Waals surface area contributed by atoms with Gasteiger partial charge in [-0.05, 0) is 22.0 Å². The van der Waals surface area contributed by atoms with Crippen LogP contribution in [0.2, 0.25) is 5.15 Å². The van der Waals surface area contributed by atoms with Gasteiger partial charge in [0.15, 0.2) is 5.15 Å². The molecule has 15 heavy (non-hydrogen) atoms. The van der Waals surface area contributed by atoms with E-state index in [1.54, 1.807) is 6.07 Å². The predicted molar refractivity (Wildman–Crippen MR) is 59.0 cm³/mol. The maximum absolute atomic E-state index is 11.1. The first-order valence-corrected chi connectivity index (χ1v) is 5.16. The zero-order chi connectivity index (χ0) is 11.3. The summed E-state index contributed by atoms with van der Waals surface area (Å²) in [5.41, 5.74) is 0.342. The Bertz CT molecular complexity index is 362. The predicted octanol–water partition coefficient (Wildman–Crippen LogP) is 2.04. The van der Waals surface area contributed by atoms with Crippen LogP contribution in [0.3, 0.4) is 0 Å². The molecule has 1 amide bonds. The largest absolute Gasteiger partial charge is 0.447 e. The van der Waals surface area contributed by atoms with E-state index < -0.39 is 6.09 Å². The third-order valence-corrected chi connectivity index (χ3v) is 2.10. The van der Waals surface area contributed by atoms with E-state index in [0.29, 0.717) is 10.2 Å². The standard InChI is InChI=1S/C8H8BrClN2O3/c9-5-3-6(7(10)11-4-5)12-8(14)15-2-1-13/h3-4,13H,1-2H2,(H,12,14). The van der Waals surface area contributed by atoms with Crippen LogP contribution in [-0.2, 0) is 4.74 Å². The molecule has 0 aliphatic rings. The minimum atomic E-state index is -0.689. The lowest BCUT2D eigenvalue weighted by atomic mass is 10.4. The molecule has 1 heterocycles. The fourth-order valence-corrected chi connectivity index (χ4v) is 1.28. The average Bonchev–Trinajstić information content (AvgIpc) is 2.20. The highest BCUT2D eigenvalue weighted by molar-refractivity contribution is 9.10. The van der Waals surface area contributed by atoms with Crippen LogP contribution in [0.25, 0.3) is 0 Å². The van der Waals surface area contributed by atoms with E-state index >= 15 is 0 Å². The van der Waals surface area contributed by atoms with Crippen molar-refractivity contribution in [2.45, 2.75) is 0 Å². The van der Waals surface area contributed by atoms with E-state index in [1.807, 2.05) is 0 Å². The first kappa shape index (κ1) is 12.2. The summed E-state index contributed by atoms with van der Waals surface area (Å²) in [5.74, 6) is 0. The highest BCUT2D eigenvalue weighted by Gasteiger charge is 2.07. The number of ether oxygens (including phenoxy) is 1. The minimum Gasteiger partial charge on any atom is -0.447 e. The molecule has 0 aliphatic heterocycles. The molecule has 0 atom stereocenters. The Hall–Kier alpha value is -0.850. The van der Waals surface area contributed by atoms with E-state index in [0.717, 1.165) is 0 Å². The number of carbonyl (C=O) groups excluding carboxylic acids is 1. The molecule has 1 aromatic rings. The van der Waals surface area contributed by atoms with Gasteiger partial charge in [-0.3, -0.25) is 5.32 Å².